The summed E-state index contributed by atoms with van der Waals surface area (Å²) < 4.78 is 5.37. The van der Waals surface area contributed by atoms with E-state index in [1.807, 2.05) is 0 Å². The van der Waals surface area contributed by atoms with Crippen LogP contribution in [0.1, 0.15) is 50.2 Å². The average molecular weight is 207 g/mol. The molecule has 4 nitrogen and oxygen atoms in total. The first-order valence-electron chi connectivity index (χ1n) is 5.83. The molecule has 2 heterocycles. The highest BCUT2D eigenvalue weighted by Gasteiger charge is 2.43. The molecule has 1 aromatic heterocycles. The fourth-order valence-electron chi connectivity index (χ4n) is 2.12. The van der Waals surface area contributed by atoms with Crippen molar-refractivity contribution in [3.63, 3.8) is 0 Å². The summed E-state index contributed by atoms with van der Waals surface area (Å²) in [5, 5.41) is 7.48. The molecule has 1 saturated heterocycles. The molecule has 1 atom stereocenters. The second kappa shape index (κ2) is 3.30. The number of hydrogen-bond acceptors (Lipinski definition) is 4. The largest absolute Gasteiger partial charge is 0.339 e. The normalized spacial score (nSPS) is 29.0. The third kappa shape index (κ3) is 1.67. The second-order valence-corrected chi connectivity index (χ2v) is 5.06. The summed E-state index contributed by atoms with van der Waals surface area (Å²) in [5.74, 6) is 2.19. The van der Waals surface area contributed by atoms with Gasteiger partial charge in [0, 0.05) is 12.0 Å². The van der Waals surface area contributed by atoms with Crippen LogP contribution in [-0.4, -0.2) is 23.2 Å². The molecule has 1 aromatic rings. The Labute approximate surface area is 89.4 Å². The monoisotopic (exact) mass is 207 g/mol. The fraction of sp³-hybridized carbons (Fsp3) is 0.818. The van der Waals surface area contributed by atoms with Crippen LogP contribution in [0.5, 0.6) is 0 Å². The van der Waals surface area contributed by atoms with E-state index < -0.39 is 0 Å². The lowest BCUT2D eigenvalue weighted by Crippen LogP contribution is -2.28. The molecule has 1 unspecified atom stereocenters. The lowest BCUT2D eigenvalue weighted by molar-refractivity contribution is 0.319. The molecule has 2 aliphatic rings. The van der Waals surface area contributed by atoms with E-state index in [2.05, 4.69) is 22.4 Å². The van der Waals surface area contributed by atoms with Crippen LogP contribution in [-0.2, 0) is 5.41 Å². The van der Waals surface area contributed by atoms with Crippen molar-refractivity contribution in [1.29, 1.82) is 0 Å². The van der Waals surface area contributed by atoms with E-state index in [-0.39, 0.29) is 5.41 Å². The number of aromatic nitrogens is 2. The van der Waals surface area contributed by atoms with Gasteiger partial charge in [-0.2, -0.15) is 4.98 Å². The van der Waals surface area contributed by atoms with Crippen LogP contribution in [0.4, 0.5) is 0 Å². The SMILES string of the molecule is CC1(c2noc(C3CCCNC3)n2)CC1. The van der Waals surface area contributed by atoms with Crippen molar-refractivity contribution in [2.45, 2.75) is 43.9 Å². The maximum Gasteiger partial charge on any atom is 0.231 e. The van der Waals surface area contributed by atoms with Gasteiger partial charge in [0.2, 0.25) is 5.89 Å². The molecule has 15 heavy (non-hydrogen) atoms. The molecular formula is C11H17N3O. The minimum absolute atomic E-state index is 0.226. The minimum atomic E-state index is 0.226. The van der Waals surface area contributed by atoms with Gasteiger partial charge in [-0.25, -0.2) is 0 Å². The number of piperidine rings is 1. The van der Waals surface area contributed by atoms with Crippen LogP contribution >= 0.6 is 0 Å². The summed E-state index contributed by atoms with van der Waals surface area (Å²) in [7, 11) is 0. The molecule has 3 rings (SSSR count). The smallest absolute Gasteiger partial charge is 0.231 e. The van der Waals surface area contributed by atoms with Crippen LogP contribution in [0.2, 0.25) is 0 Å². The summed E-state index contributed by atoms with van der Waals surface area (Å²) >= 11 is 0. The van der Waals surface area contributed by atoms with E-state index in [1.54, 1.807) is 0 Å². The predicted octanol–water partition coefficient (Wildman–Crippen LogP) is 1.59. The molecule has 1 saturated carbocycles. The van der Waals surface area contributed by atoms with Gasteiger partial charge in [-0.05, 0) is 32.2 Å². The molecule has 0 amide bonds. The van der Waals surface area contributed by atoms with Crippen LogP contribution < -0.4 is 5.32 Å². The van der Waals surface area contributed by atoms with Crippen molar-refractivity contribution in [2.24, 2.45) is 0 Å². The molecule has 1 N–H and O–H groups in total. The predicted molar refractivity (Wildman–Crippen MR) is 55.7 cm³/mol. The molecule has 0 radical (unpaired) electrons. The van der Waals surface area contributed by atoms with Crippen molar-refractivity contribution in [3.05, 3.63) is 11.7 Å². The number of rotatable bonds is 2. The topological polar surface area (TPSA) is 51.0 Å². The van der Waals surface area contributed by atoms with Gasteiger partial charge in [0.1, 0.15) is 0 Å². The molecular weight excluding hydrogens is 190 g/mol. The molecule has 0 bridgehead atoms. The molecule has 0 aromatic carbocycles. The summed E-state index contributed by atoms with van der Waals surface area (Å²) in [4.78, 5) is 4.55. The Bertz CT molecular complexity index is 350. The standard InChI is InChI=1S/C11H17N3O/c1-11(4-5-11)10-13-9(15-14-10)8-3-2-6-12-7-8/h8,12H,2-7H2,1H3. The third-order valence-electron chi connectivity index (χ3n) is 3.63. The van der Waals surface area contributed by atoms with Gasteiger partial charge < -0.3 is 9.84 Å². The zero-order valence-electron chi connectivity index (χ0n) is 9.12. The fourth-order valence-corrected chi connectivity index (χ4v) is 2.12. The Morgan fingerprint density at radius 3 is 3.00 bits per heavy atom. The van der Waals surface area contributed by atoms with Crippen molar-refractivity contribution in [2.75, 3.05) is 13.1 Å². The molecule has 1 aliphatic heterocycles. The highest BCUT2D eigenvalue weighted by atomic mass is 16.5. The quantitative estimate of drug-likeness (QED) is 0.800. The van der Waals surface area contributed by atoms with Crippen LogP contribution in [0, 0.1) is 0 Å². The zero-order valence-corrected chi connectivity index (χ0v) is 9.12. The van der Waals surface area contributed by atoms with Gasteiger partial charge in [-0.1, -0.05) is 12.1 Å². The Morgan fingerprint density at radius 1 is 1.47 bits per heavy atom. The Hall–Kier alpha value is -0.900. The lowest BCUT2D eigenvalue weighted by atomic mass is 10.00. The van der Waals surface area contributed by atoms with Gasteiger partial charge in [0.15, 0.2) is 5.82 Å². The van der Waals surface area contributed by atoms with Gasteiger partial charge in [0.25, 0.3) is 0 Å². The highest BCUT2D eigenvalue weighted by Crippen LogP contribution is 2.46. The molecule has 4 heteroatoms. The van der Waals surface area contributed by atoms with Crippen molar-refractivity contribution >= 4 is 0 Å². The van der Waals surface area contributed by atoms with Gasteiger partial charge in [-0.15, -0.1) is 0 Å². The van der Waals surface area contributed by atoms with Crippen molar-refractivity contribution in [3.8, 4) is 0 Å². The first-order valence-corrected chi connectivity index (χ1v) is 5.83. The highest BCUT2D eigenvalue weighted by molar-refractivity contribution is 5.15. The van der Waals surface area contributed by atoms with E-state index in [0.717, 1.165) is 24.8 Å². The molecule has 1 aliphatic carbocycles. The second-order valence-electron chi connectivity index (χ2n) is 5.06. The Morgan fingerprint density at radius 2 is 2.33 bits per heavy atom. The van der Waals surface area contributed by atoms with Crippen molar-refractivity contribution in [1.82, 2.24) is 15.5 Å². The van der Waals surface area contributed by atoms with E-state index in [9.17, 15) is 0 Å². The molecule has 82 valence electrons. The van der Waals surface area contributed by atoms with Gasteiger partial charge >= 0.3 is 0 Å². The van der Waals surface area contributed by atoms with E-state index in [0.29, 0.717) is 5.92 Å². The summed E-state index contributed by atoms with van der Waals surface area (Å²) in [6.07, 6.45) is 4.79. The Kier molecular flexibility index (Phi) is 2.06. The van der Waals surface area contributed by atoms with E-state index >= 15 is 0 Å². The summed E-state index contributed by atoms with van der Waals surface area (Å²) in [6.45, 7) is 4.31. The maximum absolute atomic E-state index is 5.37. The first kappa shape index (κ1) is 9.33. The van der Waals surface area contributed by atoms with Gasteiger partial charge in [-0.3, -0.25) is 0 Å². The lowest BCUT2D eigenvalue weighted by Gasteiger charge is -2.18. The maximum atomic E-state index is 5.37. The van der Waals surface area contributed by atoms with Gasteiger partial charge in [0.05, 0.1) is 5.92 Å². The van der Waals surface area contributed by atoms with Crippen LogP contribution in [0.25, 0.3) is 0 Å². The number of nitrogens with zero attached hydrogens (tertiary/aromatic N) is 2. The molecule has 2 fully saturated rings. The van der Waals surface area contributed by atoms with Crippen LogP contribution in [0.15, 0.2) is 4.52 Å². The van der Waals surface area contributed by atoms with Crippen LogP contribution in [0.3, 0.4) is 0 Å². The number of hydrogen-bond donors (Lipinski definition) is 1. The average Bonchev–Trinajstić information content (AvgIpc) is 2.85. The zero-order chi connectivity index (χ0) is 10.3. The van der Waals surface area contributed by atoms with E-state index in [4.69, 9.17) is 4.52 Å². The van der Waals surface area contributed by atoms with Crippen molar-refractivity contribution < 1.29 is 4.52 Å². The van der Waals surface area contributed by atoms with E-state index in [1.165, 1.54) is 25.7 Å². The minimum Gasteiger partial charge on any atom is -0.339 e. The third-order valence-corrected chi connectivity index (χ3v) is 3.63. The first-order chi connectivity index (χ1) is 7.28. The molecule has 0 spiro atoms. The summed E-state index contributed by atoms with van der Waals surface area (Å²) in [6, 6.07) is 0. The Balaban J connectivity index is 1.77. The summed E-state index contributed by atoms with van der Waals surface area (Å²) in [5.41, 5.74) is 0.226. The number of nitrogens with one attached hydrogen (secondary N) is 1.